The molecule has 2 unspecified atom stereocenters. The Morgan fingerprint density at radius 1 is 0.850 bits per heavy atom. The summed E-state index contributed by atoms with van der Waals surface area (Å²) in [5.41, 5.74) is -3.68. The third-order valence-corrected chi connectivity index (χ3v) is 3.63. The van der Waals surface area contributed by atoms with Gasteiger partial charge in [0.1, 0.15) is 0 Å². The molecule has 2 atom stereocenters. The zero-order chi connectivity index (χ0) is 16.1. The predicted octanol–water partition coefficient (Wildman–Crippen LogP) is -0.903. The second kappa shape index (κ2) is 6.78. The first-order valence-corrected chi connectivity index (χ1v) is 7.86. The van der Waals surface area contributed by atoms with Gasteiger partial charge in [-0.1, -0.05) is 0 Å². The molecule has 10 nitrogen and oxygen atoms in total. The summed E-state index contributed by atoms with van der Waals surface area (Å²) in [5.74, 6) is -2.57. The van der Waals surface area contributed by atoms with Crippen LogP contribution in [0.3, 0.4) is 0 Å². The smallest absolute Gasteiger partial charge is 0.332 e. The van der Waals surface area contributed by atoms with Crippen LogP contribution in [0.25, 0.3) is 0 Å². The molecule has 0 saturated heterocycles. The molecule has 0 aromatic heterocycles. The van der Waals surface area contributed by atoms with Gasteiger partial charge in [0.25, 0.3) is 0 Å². The molecule has 0 saturated carbocycles. The molecule has 0 heterocycles. The third kappa shape index (κ3) is 7.18. The van der Waals surface area contributed by atoms with Crippen LogP contribution in [0, 0.1) is 0 Å². The minimum Gasteiger partial charge on any atom is -0.440 e. The molecule has 0 aromatic rings. The number of esters is 2. The van der Waals surface area contributed by atoms with Crippen molar-refractivity contribution in [3.63, 3.8) is 0 Å². The molecular formula is C8H12O10S2. The Morgan fingerprint density at radius 3 is 1.30 bits per heavy atom. The Kier molecular flexibility index (Phi) is 6.28. The standard InChI is InChI=1S/C8H12O10S2/c1-5(19(11,12)13)17-7(9)3-4-8(10)18-6(2)20(14,15)16/h3-6H,1-2H3,(H,11,12,13)(H,14,15,16)/b4-3-. The first kappa shape index (κ1) is 18.5. The summed E-state index contributed by atoms with van der Waals surface area (Å²) >= 11 is 0. The van der Waals surface area contributed by atoms with Crippen molar-refractivity contribution < 1.29 is 45.0 Å². The Morgan fingerprint density at radius 2 is 1.10 bits per heavy atom. The van der Waals surface area contributed by atoms with Crippen molar-refractivity contribution >= 4 is 32.2 Å². The molecule has 0 aliphatic heterocycles. The molecule has 0 aliphatic carbocycles. The Bertz CT molecular complexity index is 545. The maximum atomic E-state index is 11.0. The molecular weight excluding hydrogens is 320 g/mol. The maximum Gasteiger partial charge on any atom is 0.332 e. The molecule has 0 bridgehead atoms. The van der Waals surface area contributed by atoms with Gasteiger partial charge in [0, 0.05) is 12.2 Å². The van der Waals surface area contributed by atoms with E-state index in [4.69, 9.17) is 9.11 Å². The molecule has 0 aromatic carbocycles. The third-order valence-electron chi connectivity index (χ3n) is 1.76. The van der Waals surface area contributed by atoms with E-state index in [0.717, 1.165) is 13.8 Å². The number of carbonyl (C=O) groups excluding carboxylic acids is 2. The molecule has 12 heteroatoms. The lowest BCUT2D eigenvalue weighted by molar-refractivity contribution is -0.141. The number of ether oxygens (including phenoxy) is 2. The summed E-state index contributed by atoms with van der Waals surface area (Å²) < 4.78 is 67.5. The Balaban J connectivity index is 4.51. The average molecular weight is 332 g/mol. The van der Waals surface area contributed by atoms with Crippen LogP contribution in [-0.2, 0) is 39.3 Å². The highest BCUT2D eigenvalue weighted by Gasteiger charge is 2.22. The van der Waals surface area contributed by atoms with Gasteiger partial charge in [-0.25, -0.2) is 9.59 Å². The monoisotopic (exact) mass is 332 g/mol. The van der Waals surface area contributed by atoms with Gasteiger partial charge in [-0.3, -0.25) is 9.11 Å². The maximum absolute atomic E-state index is 11.0. The van der Waals surface area contributed by atoms with Gasteiger partial charge in [0.2, 0.25) is 10.9 Å². The molecule has 0 amide bonds. The highest BCUT2D eigenvalue weighted by Crippen LogP contribution is 2.02. The first-order valence-electron chi connectivity index (χ1n) is 4.86. The number of hydrogen-bond acceptors (Lipinski definition) is 8. The molecule has 0 radical (unpaired) electrons. The van der Waals surface area contributed by atoms with Crippen LogP contribution in [0.2, 0.25) is 0 Å². The predicted molar refractivity (Wildman–Crippen MR) is 63.3 cm³/mol. The van der Waals surface area contributed by atoms with Crippen molar-refractivity contribution in [1.82, 2.24) is 0 Å². The van der Waals surface area contributed by atoms with Crippen LogP contribution in [0.1, 0.15) is 13.8 Å². The van der Waals surface area contributed by atoms with Crippen molar-refractivity contribution in [2.75, 3.05) is 0 Å². The molecule has 0 fully saturated rings. The number of hydrogen-bond donors (Lipinski definition) is 2. The fourth-order valence-corrected chi connectivity index (χ4v) is 1.10. The van der Waals surface area contributed by atoms with E-state index in [9.17, 15) is 26.4 Å². The number of carbonyl (C=O) groups is 2. The van der Waals surface area contributed by atoms with E-state index in [-0.39, 0.29) is 0 Å². The van der Waals surface area contributed by atoms with Gasteiger partial charge in [-0.15, -0.1) is 0 Å². The zero-order valence-corrected chi connectivity index (χ0v) is 11.9. The average Bonchev–Trinajstić information content (AvgIpc) is 2.23. The number of rotatable bonds is 6. The summed E-state index contributed by atoms with van der Waals surface area (Å²) in [6.07, 6.45) is 0.918. The van der Waals surface area contributed by atoms with Crippen LogP contribution in [0.4, 0.5) is 0 Å². The normalized spacial score (nSPS) is 15.6. The zero-order valence-electron chi connectivity index (χ0n) is 10.3. The summed E-state index contributed by atoms with van der Waals surface area (Å²) in [7, 11) is -9.16. The SMILES string of the molecule is CC(OC(=O)/C=C\C(=O)OC(C)S(=O)(=O)O)S(=O)(=O)O. The highest BCUT2D eigenvalue weighted by molar-refractivity contribution is 7.86. The van der Waals surface area contributed by atoms with E-state index in [1.54, 1.807) is 0 Å². The van der Waals surface area contributed by atoms with Gasteiger partial charge in [0.15, 0.2) is 0 Å². The molecule has 0 aliphatic rings. The molecule has 2 N–H and O–H groups in total. The summed E-state index contributed by atoms with van der Waals surface area (Å²) in [4.78, 5) is 22.1. The topological polar surface area (TPSA) is 161 Å². The van der Waals surface area contributed by atoms with E-state index in [1.165, 1.54) is 0 Å². The van der Waals surface area contributed by atoms with Crippen LogP contribution >= 0.6 is 0 Å². The summed E-state index contributed by atoms with van der Waals surface area (Å²) in [6.45, 7) is 1.75. The van der Waals surface area contributed by atoms with Crippen molar-refractivity contribution in [3.8, 4) is 0 Å². The lowest BCUT2D eigenvalue weighted by Gasteiger charge is -2.08. The quantitative estimate of drug-likeness (QED) is 0.354. The van der Waals surface area contributed by atoms with E-state index < -0.39 is 43.0 Å². The lowest BCUT2D eigenvalue weighted by Crippen LogP contribution is -2.24. The van der Waals surface area contributed by atoms with E-state index in [2.05, 4.69) is 9.47 Å². The van der Waals surface area contributed by atoms with Crippen molar-refractivity contribution in [2.24, 2.45) is 0 Å². The fourth-order valence-electron chi connectivity index (χ4n) is 0.663. The fraction of sp³-hybridized carbons (Fsp3) is 0.500. The molecule has 0 rings (SSSR count). The van der Waals surface area contributed by atoms with E-state index in [1.807, 2.05) is 0 Å². The van der Waals surface area contributed by atoms with Gasteiger partial charge in [0.05, 0.1) is 0 Å². The molecule has 116 valence electrons. The van der Waals surface area contributed by atoms with Gasteiger partial charge < -0.3 is 9.47 Å². The van der Waals surface area contributed by atoms with Crippen molar-refractivity contribution in [1.29, 1.82) is 0 Å². The molecule has 0 spiro atoms. The van der Waals surface area contributed by atoms with Crippen LogP contribution in [0.5, 0.6) is 0 Å². The minimum atomic E-state index is -4.58. The Labute approximate surface area is 114 Å². The Hall–Kier alpha value is -1.50. The van der Waals surface area contributed by atoms with Gasteiger partial charge >= 0.3 is 32.2 Å². The first-order chi connectivity index (χ1) is 8.84. The summed E-state index contributed by atoms with van der Waals surface area (Å²) in [5, 5.41) is 0. The highest BCUT2D eigenvalue weighted by atomic mass is 32.2. The van der Waals surface area contributed by atoms with Gasteiger partial charge in [-0.2, -0.15) is 16.8 Å². The van der Waals surface area contributed by atoms with E-state index >= 15 is 0 Å². The molecule has 20 heavy (non-hydrogen) atoms. The van der Waals surface area contributed by atoms with Crippen LogP contribution < -0.4 is 0 Å². The largest absolute Gasteiger partial charge is 0.440 e. The second-order valence-corrected chi connectivity index (χ2v) is 6.76. The van der Waals surface area contributed by atoms with Crippen molar-refractivity contribution in [2.45, 2.75) is 24.7 Å². The lowest BCUT2D eigenvalue weighted by atomic mass is 10.5. The van der Waals surface area contributed by atoms with Crippen molar-refractivity contribution in [3.05, 3.63) is 12.2 Å². The van der Waals surface area contributed by atoms with Crippen LogP contribution in [0.15, 0.2) is 12.2 Å². The van der Waals surface area contributed by atoms with Gasteiger partial charge in [-0.05, 0) is 13.8 Å². The summed E-state index contributed by atoms with van der Waals surface area (Å²) in [6, 6.07) is 0. The second-order valence-electron chi connectivity index (χ2n) is 3.37. The van der Waals surface area contributed by atoms with E-state index in [0.29, 0.717) is 12.2 Å². The van der Waals surface area contributed by atoms with Crippen LogP contribution in [-0.4, -0.2) is 48.8 Å². The minimum absolute atomic E-state index is 0.459.